The first-order valence-electron chi connectivity index (χ1n) is 12.2. The predicted molar refractivity (Wildman–Crippen MR) is 139 cm³/mol. The van der Waals surface area contributed by atoms with E-state index < -0.39 is 11.9 Å². The maximum atomic E-state index is 12.8. The standard InChI is InChI=1S/C31H25NO5/c32-19-23-17-27-26(31(34)35)15-16-36-30(27)18-29(23)37-24-13-11-22(12-14-24)28(33)10-4-8-21-7-3-6-20-5-1-2-9-25(20)21/h1-3,5-7,9,11-14,17-18,26H,4,8,10,15-16H2,(H,34,35). The van der Waals surface area contributed by atoms with Gasteiger partial charge in [-0.05, 0) is 65.9 Å². The topological polar surface area (TPSA) is 96.6 Å². The molecule has 0 aliphatic carbocycles. The Hall–Kier alpha value is -4.63. The molecular weight excluding hydrogens is 466 g/mol. The van der Waals surface area contributed by atoms with Crippen molar-refractivity contribution in [2.24, 2.45) is 0 Å². The Kier molecular flexibility index (Phi) is 6.87. The zero-order valence-corrected chi connectivity index (χ0v) is 20.1. The van der Waals surface area contributed by atoms with Crippen LogP contribution < -0.4 is 9.47 Å². The summed E-state index contributed by atoms with van der Waals surface area (Å²) in [5.41, 5.74) is 2.55. The third-order valence-electron chi connectivity index (χ3n) is 6.70. The molecule has 6 nitrogen and oxygen atoms in total. The van der Waals surface area contributed by atoms with Crippen molar-refractivity contribution < 1.29 is 24.2 Å². The molecular formula is C31H25NO5. The van der Waals surface area contributed by atoms with E-state index in [1.807, 2.05) is 12.1 Å². The Labute approximate surface area is 214 Å². The van der Waals surface area contributed by atoms with Gasteiger partial charge in [-0.2, -0.15) is 5.26 Å². The van der Waals surface area contributed by atoms with Gasteiger partial charge in [-0.15, -0.1) is 0 Å². The molecule has 184 valence electrons. The van der Waals surface area contributed by atoms with Crippen LogP contribution in [0.5, 0.6) is 17.2 Å². The van der Waals surface area contributed by atoms with Crippen molar-refractivity contribution in [1.82, 2.24) is 0 Å². The minimum Gasteiger partial charge on any atom is -0.493 e. The summed E-state index contributed by atoms with van der Waals surface area (Å²) in [6, 6.07) is 26.5. The summed E-state index contributed by atoms with van der Waals surface area (Å²) in [6.45, 7) is 0.284. The number of aliphatic carboxylic acids is 1. The fourth-order valence-corrected chi connectivity index (χ4v) is 4.78. The van der Waals surface area contributed by atoms with Crippen molar-refractivity contribution in [2.75, 3.05) is 6.61 Å². The van der Waals surface area contributed by atoms with Crippen LogP contribution in [-0.4, -0.2) is 23.5 Å². The quantitative estimate of drug-likeness (QED) is 0.277. The second-order valence-electron chi connectivity index (χ2n) is 9.07. The Morgan fingerprint density at radius 1 is 1.03 bits per heavy atom. The van der Waals surface area contributed by atoms with Gasteiger partial charge >= 0.3 is 5.97 Å². The summed E-state index contributed by atoms with van der Waals surface area (Å²) in [5, 5.41) is 21.5. The molecule has 1 N–H and O–H groups in total. The zero-order chi connectivity index (χ0) is 25.8. The van der Waals surface area contributed by atoms with Crippen molar-refractivity contribution in [3.8, 4) is 23.3 Å². The van der Waals surface area contributed by atoms with E-state index >= 15 is 0 Å². The minimum absolute atomic E-state index is 0.0615. The number of carboxylic acids is 1. The van der Waals surface area contributed by atoms with Gasteiger partial charge in [0.2, 0.25) is 0 Å². The van der Waals surface area contributed by atoms with E-state index in [0.29, 0.717) is 35.5 Å². The number of hydrogen-bond donors (Lipinski definition) is 1. The molecule has 0 bridgehead atoms. The van der Waals surface area contributed by atoms with Crippen molar-refractivity contribution in [1.29, 1.82) is 5.26 Å². The SMILES string of the molecule is N#Cc1cc2c(cc1Oc1ccc(C(=O)CCCc3cccc4ccccc34)cc1)OCCC2C(=O)O. The van der Waals surface area contributed by atoms with E-state index in [-0.39, 0.29) is 23.7 Å². The number of nitrogens with zero attached hydrogens (tertiary/aromatic N) is 1. The van der Waals surface area contributed by atoms with E-state index in [4.69, 9.17) is 9.47 Å². The molecule has 0 saturated heterocycles. The lowest BCUT2D eigenvalue weighted by Crippen LogP contribution is -2.21. The molecule has 1 atom stereocenters. The molecule has 4 aromatic rings. The molecule has 0 aromatic heterocycles. The van der Waals surface area contributed by atoms with Gasteiger partial charge in [-0.25, -0.2) is 0 Å². The second-order valence-corrected chi connectivity index (χ2v) is 9.07. The number of carbonyl (C=O) groups excluding carboxylic acids is 1. The van der Waals surface area contributed by atoms with Crippen molar-refractivity contribution >= 4 is 22.5 Å². The Bertz CT molecular complexity index is 1510. The second kappa shape index (κ2) is 10.5. The van der Waals surface area contributed by atoms with Crippen LogP contribution in [0.25, 0.3) is 10.8 Å². The molecule has 1 aliphatic heterocycles. The number of carbonyl (C=O) groups is 2. The normalized spacial score (nSPS) is 14.3. The highest BCUT2D eigenvalue weighted by atomic mass is 16.5. The lowest BCUT2D eigenvalue weighted by molar-refractivity contribution is -0.139. The van der Waals surface area contributed by atoms with E-state index in [0.717, 1.165) is 12.8 Å². The third-order valence-corrected chi connectivity index (χ3v) is 6.70. The number of hydrogen-bond acceptors (Lipinski definition) is 5. The van der Waals surface area contributed by atoms with Crippen LogP contribution in [0, 0.1) is 11.3 Å². The molecule has 0 fully saturated rings. The van der Waals surface area contributed by atoms with Crippen LogP contribution in [0.3, 0.4) is 0 Å². The predicted octanol–water partition coefficient (Wildman–Crippen LogP) is 6.66. The Morgan fingerprint density at radius 3 is 2.59 bits per heavy atom. The molecule has 0 saturated carbocycles. The molecule has 0 spiro atoms. The van der Waals surface area contributed by atoms with Crippen LogP contribution in [0.15, 0.2) is 78.9 Å². The van der Waals surface area contributed by atoms with Gasteiger partial charge in [0.1, 0.15) is 23.3 Å². The number of nitriles is 1. The first-order chi connectivity index (χ1) is 18.0. The van der Waals surface area contributed by atoms with Gasteiger partial charge in [0.25, 0.3) is 0 Å². The number of benzene rings is 4. The summed E-state index contributed by atoms with van der Waals surface area (Å²) in [4.78, 5) is 24.3. The molecule has 37 heavy (non-hydrogen) atoms. The zero-order valence-electron chi connectivity index (χ0n) is 20.1. The molecule has 1 heterocycles. The number of fused-ring (bicyclic) bond motifs is 2. The molecule has 5 rings (SSSR count). The van der Waals surface area contributed by atoms with E-state index in [1.165, 1.54) is 22.4 Å². The van der Waals surface area contributed by atoms with Crippen LogP contribution in [-0.2, 0) is 11.2 Å². The minimum atomic E-state index is -0.945. The Balaban J connectivity index is 1.24. The third kappa shape index (κ3) is 5.17. The summed E-state index contributed by atoms with van der Waals surface area (Å²) < 4.78 is 11.5. The van der Waals surface area contributed by atoms with E-state index in [1.54, 1.807) is 30.3 Å². The van der Waals surface area contributed by atoms with Gasteiger partial charge in [-0.3, -0.25) is 9.59 Å². The van der Waals surface area contributed by atoms with Crippen LogP contribution in [0.4, 0.5) is 0 Å². The van der Waals surface area contributed by atoms with Crippen molar-refractivity contribution in [3.05, 3.63) is 101 Å². The van der Waals surface area contributed by atoms with Crippen molar-refractivity contribution in [3.63, 3.8) is 0 Å². The average Bonchev–Trinajstić information content (AvgIpc) is 2.92. The summed E-state index contributed by atoms with van der Waals surface area (Å²) in [7, 11) is 0. The molecule has 4 aromatic carbocycles. The monoisotopic (exact) mass is 491 g/mol. The Morgan fingerprint density at radius 2 is 1.81 bits per heavy atom. The van der Waals surface area contributed by atoms with Gasteiger partial charge in [0.05, 0.1) is 18.1 Å². The van der Waals surface area contributed by atoms with Crippen molar-refractivity contribution in [2.45, 2.75) is 31.6 Å². The number of ether oxygens (including phenoxy) is 2. The van der Waals surface area contributed by atoms with Gasteiger partial charge in [-0.1, -0.05) is 42.5 Å². The van der Waals surface area contributed by atoms with Crippen LogP contribution in [0.1, 0.15) is 52.2 Å². The van der Waals surface area contributed by atoms with Gasteiger partial charge < -0.3 is 14.6 Å². The number of aryl methyl sites for hydroxylation is 1. The number of ketones is 1. The van der Waals surface area contributed by atoms with E-state index in [9.17, 15) is 20.0 Å². The highest BCUT2D eigenvalue weighted by Gasteiger charge is 2.29. The fourth-order valence-electron chi connectivity index (χ4n) is 4.78. The first-order valence-corrected chi connectivity index (χ1v) is 12.2. The lowest BCUT2D eigenvalue weighted by atomic mass is 9.91. The number of carboxylic acid groups (broad SMARTS) is 1. The van der Waals surface area contributed by atoms with Gasteiger partial charge in [0, 0.05) is 23.6 Å². The van der Waals surface area contributed by atoms with Crippen LogP contribution in [0.2, 0.25) is 0 Å². The molecule has 1 unspecified atom stereocenters. The highest BCUT2D eigenvalue weighted by molar-refractivity contribution is 5.96. The largest absolute Gasteiger partial charge is 0.493 e. The molecule has 1 aliphatic rings. The molecule has 0 radical (unpaired) electrons. The fraction of sp³-hybridized carbons (Fsp3) is 0.194. The maximum Gasteiger partial charge on any atom is 0.311 e. The van der Waals surface area contributed by atoms with Gasteiger partial charge in [0.15, 0.2) is 5.78 Å². The van der Waals surface area contributed by atoms with Crippen LogP contribution >= 0.6 is 0 Å². The summed E-state index contributed by atoms with van der Waals surface area (Å²) in [5.74, 6) is -0.442. The maximum absolute atomic E-state index is 12.8. The smallest absolute Gasteiger partial charge is 0.311 e. The number of Topliss-reactive ketones (excluding diaryl/α,β-unsaturated/α-hetero) is 1. The molecule has 6 heteroatoms. The number of rotatable bonds is 8. The first kappa shape index (κ1) is 24.1. The highest BCUT2D eigenvalue weighted by Crippen LogP contribution is 2.39. The summed E-state index contributed by atoms with van der Waals surface area (Å²) in [6.07, 6.45) is 2.37. The molecule has 0 amide bonds. The average molecular weight is 492 g/mol. The lowest BCUT2D eigenvalue weighted by Gasteiger charge is -2.24. The van der Waals surface area contributed by atoms with E-state index in [2.05, 4.69) is 36.4 Å². The summed E-state index contributed by atoms with van der Waals surface area (Å²) >= 11 is 0.